The van der Waals surface area contributed by atoms with E-state index in [0.29, 0.717) is 0 Å². The summed E-state index contributed by atoms with van der Waals surface area (Å²) in [5.41, 5.74) is 0. The summed E-state index contributed by atoms with van der Waals surface area (Å²) in [5.74, 6) is 0. The molecule has 6 heavy (non-hydrogen) atoms. The van der Waals surface area contributed by atoms with E-state index in [9.17, 15) is 0 Å². The summed E-state index contributed by atoms with van der Waals surface area (Å²) in [6, 6.07) is 0. The average molecular weight is 172 g/mol. The molecule has 6 heteroatoms. The third kappa shape index (κ3) is 25.5. The van der Waals surface area contributed by atoms with Gasteiger partial charge in [-0.2, -0.15) is 0 Å². The fourth-order valence-corrected chi connectivity index (χ4v) is 0. The monoisotopic (exact) mass is 172 g/mol. The van der Waals surface area contributed by atoms with Gasteiger partial charge >= 0.3 is 103 Å². The molecule has 0 unspecified atom stereocenters. The first kappa shape index (κ1) is 22.6. The van der Waals surface area contributed by atoms with E-state index in [0.717, 1.165) is 0 Å². The smallest absolute Gasteiger partial charge is 0.865 e. The second-order valence-corrected chi connectivity index (χ2v) is 0. The van der Waals surface area contributed by atoms with Gasteiger partial charge in [-0.15, -0.1) is 0 Å². The second kappa shape index (κ2) is 38.2. The Labute approximate surface area is 129 Å². The summed E-state index contributed by atoms with van der Waals surface area (Å²) < 4.78 is 0. The van der Waals surface area contributed by atoms with Gasteiger partial charge in [0.2, 0.25) is 0 Å². The Morgan fingerprint density at radius 3 is 0.667 bits per heavy atom. The molecule has 0 saturated carbocycles. The molecule has 28 valence electrons. The van der Waals surface area contributed by atoms with Crippen LogP contribution < -0.4 is 112 Å². The van der Waals surface area contributed by atoms with Crippen LogP contribution in [0, 0.1) is 0 Å². The maximum absolute atomic E-state index is 8.39. The van der Waals surface area contributed by atoms with Crippen molar-refractivity contribution < 1.29 is 112 Å². The Kier molecular flexibility index (Phi) is 144. The van der Waals surface area contributed by atoms with Crippen LogP contribution >= 0.6 is 0 Å². The fourth-order valence-electron chi connectivity index (χ4n) is 0. The van der Waals surface area contributed by atoms with E-state index in [1.165, 1.54) is 0 Å². The minimum Gasteiger partial charge on any atom is -0.865 e. The number of rotatable bonds is 0. The van der Waals surface area contributed by atoms with Crippen molar-refractivity contribution in [2.45, 2.75) is 0 Å². The third-order valence-electron chi connectivity index (χ3n) is 0. The van der Waals surface area contributed by atoms with E-state index in [-0.39, 0.29) is 124 Å². The predicted molar refractivity (Wildman–Crippen MR) is 19.9 cm³/mol. The molecular weight excluding hydrogens is 166 g/mol. The summed E-state index contributed by atoms with van der Waals surface area (Å²) in [6.07, 6.45) is 0. The van der Waals surface area contributed by atoms with Gasteiger partial charge in [0.15, 0.2) is 0 Å². The molecule has 0 spiro atoms. The first-order valence-corrected chi connectivity index (χ1v) is 2.45. The maximum Gasteiger partial charge on any atom is 1.00 e. The summed E-state index contributed by atoms with van der Waals surface area (Å²) in [7, 11) is 0.111. The van der Waals surface area contributed by atoms with Crippen LogP contribution in [0.25, 0.3) is 0 Å². The molecule has 0 aromatic carbocycles. The number of hydrogen-bond acceptors (Lipinski definition) is 2. The normalized spacial score (nSPS) is 3.00. The van der Waals surface area contributed by atoms with E-state index < -0.39 is 0 Å². The van der Waals surface area contributed by atoms with Gasteiger partial charge in [-0.05, 0) is 0 Å². The summed E-state index contributed by atoms with van der Waals surface area (Å²) in [6.45, 7) is 0. The van der Waals surface area contributed by atoms with E-state index in [2.05, 4.69) is 0 Å². The van der Waals surface area contributed by atoms with Crippen molar-refractivity contribution in [3.63, 3.8) is 0 Å². The van der Waals surface area contributed by atoms with Crippen molar-refractivity contribution in [3.05, 3.63) is 0 Å². The van der Waals surface area contributed by atoms with E-state index in [1.807, 2.05) is 0 Å². The van der Waals surface area contributed by atoms with Gasteiger partial charge < -0.3 is 9.59 Å². The zero-order valence-electron chi connectivity index (χ0n) is 4.82. The van der Waals surface area contributed by atoms with Crippen molar-refractivity contribution in [2.75, 3.05) is 0 Å². The average Bonchev–Trinajstić information content (AvgIpc) is 1.50. The Morgan fingerprint density at radius 2 is 0.667 bits per heavy atom. The number of hydrogen-bond donors (Lipinski definition) is 0. The first-order chi connectivity index (χ1) is 2.00. The van der Waals surface area contributed by atoms with Crippen LogP contribution in [0.15, 0.2) is 0 Å². The van der Waals surface area contributed by atoms with Crippen molar-refractivity contribution >= 4 is 21.0 Å². The van der Waals surface area contributed by atoms with Gasteiger partial charge in [0.05, 0.1) is 0 Å². The van der Waals surface area contributed by atoms with Crippen LogP contribution in [0.2, 0.25) is 0 Å². The SMILES string of the molecule is [K+].[K+].[O-][SiH3].[O-][SiH3]. The molecule has 0 bridgehead atoms. The molecule has 0 aromatic heterocycles. The molecule has 0 aliphatic rings. The van der Waals surface area contributed by atoms with Gasteiger partial charge in [0, 0.05) is 0 Å². The first-order valence-electron chi connectivity index (χ1n) is 0.816. The maximum atomic E-state index is 8.39. The standard InChI is InChI=1S/2K.2H3OSi/c;;2*1-2/h;;2*2H3/q2*+1;2*-1. The third-order valence-corrected chi connectivity index (χ3v) is 0. The molecule has 0 atom stereocenters. The zero-order chi connectivity index (χ0) is 4.00. The summed E-state index contributed by atoms with van der Waals surface area (Å²) >= 11 is 0. The predicted octanol–water partition coefficient (Wildman–Crippen LogP) is -10.7. The van der Waals surface area contributed by atoms with Gasteiger partial charge in [-0.25, -0.2) is 0 Å². The zero-order valence-corrected chi connectivity index (χ0v) is 15.1. The van der Waals surface area contributed by atoms with Crippen LogP contribution in [0.1, 0.15) is 0 Å². The topological polar surface area (TPSA) is 46.1 Å². The van der Waals surface area contributed by atoms with Crippen molar-refractivity contribution in [1.82, 2.24) is 0 Å². The van der Waals surface area contributed by atoms with Gasteiger partial charge in [0.1, 0.15) is 0 Å². The molecule has 0 fully saturated rings. The molecule has 0 N–H and O–H groups in total. The molecule has 0 rings (SSSR count). The van der Waals surface area contributed by atoms with Gasteiger partial charge in [-0.1, -0.05) is 21.0 Å². The van der Waals surface area contributed by atoms with Crippen molar-refractivity contribution in [3.8, 4) is 0 Å². The second-order valence-electron chi connectivity index (χ2n) is 0. The van der Waals surface area contributed by atoms with Crippen molar-refractivity contribution in [2.24, 2.45) is 0 Å². The van der Waals surface area contributed by atoms with Crippen molar-refractivity contribution in [1.29, 1.82) is 0 Å². The van der Waals surface area contributed by atoms with E-state index in [1.54, 1.807) is 0 Å². The quantitative estimate of drug-likeness (QED) is 0.341. The molecule has 2 nitrogen and oxygen atoms in total. The van der Waals surface area contributed by atoms with Gasteiger partial charge in [0.25, 0.3) is 0 Å². The minimum absolute atomic E-state index is 0. The molecule has 0 heterocycles. The molecule has 0 amide bonds. The van der Waals surface area contributed by atoms with Crippen LogP contribution in [-0.2, 0) is 0 Å². The summed E-state index contributed by atoms with van der Waals surface area (Å²) in [5, 5.41) is 0. The molecule has 0 aliphatic heterocycles. The Balaban J connectivity index is -0.00000000500. The molecule has 0 saturated heterocycles. The molecule has 0 aromatic rings. The van der Waals surface area contributed by atoms with Crippen LogP contribution in [0.3, 0.4) is 0 Å². The van der Waals surface area contributed by atoms with E-state index in [4.69, 9.17) is 9.59 Å². The largest absolute Gasteiger partial charge is 1.00 e. The van der Waals surface area contributed by atoms with Gasteiger partial charge in [-0.3, -0.25) is 0 Å². The minimum atomic E-state index is 0. The van der Waals surface area contributed by atoms with Crippen LogP contribution in [0.5, 0.6) is 0 Å². The molecular formula is H6K2O2Si2. The fraction of sp³-hybridized carbons (Fsp3) is 0. The molecule has 0 aliphatic carbocycles. The molecule has 0 radical (unpaired) electrons. The Morgan fingerprint density at radius 1 is 0.667 bits per heavy atom. The summed E-state index contributed by atoms with van der Waals surface area (Å²) in [4.78, 5) is 16.8. The Bertz CT molecular complexity index is 9.51. The van der Waals surface area contributed by atoms with E-state index >= 15 is 0 Å². The van der Waals surface area contributed by atoms with Crippen LogP contribution in [0.4, 0.5) is 0 Å². The Hall–Kier alpha value is 3.63. The van der Waals surface area contributed by atoms with Crippen LogP contribution in [-0.4, -0.2) is 21.0 Å².